The van der Waals surface area contributed by atoms with Gasteiger partial charge in [0.2, 0.25) is 0 Å². The van der Waals surface area contributed by atoms with Crippen molar-refractivity contribution < 1.29 is 0 Å². The van der Waals surface area contributed by atoms with E-state index in [1.54, 1.807) is 11.3 Å². The third-order valence-corrected chi connectivity index (χ3v) is 4.34. The van der Waals surface area contributed by atoms with Gasteiger partial charge in [-0.2, -0.15) is 0 Å². The molecule has 90 valence electrons. The Morgan fingerprint density at radius 1 is 1.50 bits per heavy atom. The standard InChI is InChI=1S/C12H21N3S/c1-10-12(16-9-14-10)3-6-13-11-4-7-15(2)8-5-11/h9,11,13H,3-8H2,1-2H3. The number of aryl methyl sites for hydroxylation is 1. The molecule has 0 aliphatic carbocycles. The van der Waals surface area contributed by atoms with Crippen molar-refractivity contribution in [2.75, 3.05) is 26.7 Å². The van der Waals surface area contributed by atoms with Crippen LogP contribution in [-0.4, -0.2) is 42.6 Å². The Hall–Kier alpha value is -0.450. The van der Waals surface area contributed by atoms with Crippen LogP contribution in [0.1, 0.15) is 23.4 Å². The molecule has 0 unspecified atom stereocenters. The summed E-state index contributed by atoms with van der Waals surface area (Å²) in [4.78, 5) is 8.12. The first-order valence-electron chi connectivity index (χ1n) is 6.06. The number of nitrogens with zero attached hydrogens (tertiary/aromatic N) is 2. The van der Waals surface area contributed by atoms with Gasteiger partial charge in [-0.25, -0.2) is 4.98 Å². The molecular weight excluding hydrogens is 218 g/mol. The summed E-state index contributed by atoms with van der Waals surface area (Å²) in [7, 11) is 2.21. The first-order valence-corrected chi connectivity index (χ1v) is 6.94. The fraction of sp³-hybridized carbons (Fsp3) is 0.750. The van der Waals surface area contributed by atoms with Crippen LogP contribution in [0.5, 0.6) is 0 Å². The zero-order chi connectivity index (χ0) is 11.4. The summed E-state index contributed by atoms with van der Waals surface area (Å²) >= 11 is 1.78. The lowest BCUT2D eigenvalue weighted by Gasteiger charge is -2.29. The van der Waals surface area contributed by atoms with E-state index in [4.69, 9.17) is 0 Å². The highest BCUT2D eigenvalue weighted by atomic mass is 32.1. The molecule has 0 saturated carbocycles. The van der Waals surface area contributed by atoms with E-state index in [2.05, 4.69) is 29.2 Å². The summed E-state index contributed by atoms with van der Waals surface area (Å²) in [6.07, 6.45) is 3.71. The van der Waals surface area contributed by atoms with Crippen molar-refractivity contribution in [1.29, 1.82) is 0 Å². The van der Waals surface area contributed by atoms with E-state index in [0.29, 0.717) is 0 Å². The molecule has 1 aliphatic rings. The molecule has 4 heteroatoms. The lowest BCUT2D eigenvalue weighted by atomic mass is 10.1. The van der Waals surface area contributed by atoms with E-state index < -0.39 is 0 Å². The number of nitrogens with one attached hydrogen (secondary N) is 1. The Kier molecular flexibility index (Phi) is 4.32. The van der Waals surface area contributed by atoms with Gasteiger partial charge in [0.05, 0.1) is 11.2 Å². The van der Waals surface area contributed by atoms with Crippen molar-refractivity contribution in [2.24, 2.45) is 0 Å². The van der Waals surface area contributed by atoms with Gasteiger partial charge in [0.15, 0.2) is 0 Å². The second kappa shape index (κ2) is 5.75. The van der Waals surface area contributed by atoms with Crippen LogP contribution >= 0.6 is 11.3 Å². The maximum Gasteiger partial charge on any atom is 0.0797 e. The first-order chi connectivity index (χ1) is 7.75. The van der Waals surface area contributed by atoms with Gasteiger partial charge in [0, 0.05) is 17.5 Å². The highest BCUT2D eigenvalue weighted by Gasteiger charge is 2.15. The molecule has 1 fully saturated rings. The van der Waals surface area contributed by atoms with E-state index in [1.807, 2.05) is 5.51 Å². The van der Waals surface area contributed by atoms with E-state index in [-0.39, 0.29) is 0 Å². The summed E-state index contributed by atoms with van der Waals surface area (Å²) in [5.41, 5.74) is 3.15. The third-order valence-electron chi connectivity index (χ3n) is 3.35. The quantitative estimate of drug-likeness (QED) is 0.866. The molecule has 0 spiro atoms. The second-order valence-electron chi connectivity index (χ2n) is 4.64. The summed E-state index contributed by atoms with van der Waals surface area (Å²) in [5.74, 6) is 0. The lowest BCUT2D eigenvalue weighted by molar-refractivity contribution is 0.235. The summed E-state index contributed by atoms with van der Waals surface area (Å²) in [6, 6.07) is 0.726. The van der Waals surface area contributed by atoms with Crippen molar-refractivity contribution in [3.63, 3.8) is 0 Å². The van der Waals surface area contributed by atoms with Crippen LogP contribution < -0.4 is 5.32 Å². The Balaban J connectivity index is 1.67. The number of rotatable bonds is 4. The molecule has 0 atom stereocenters. The van der Waals surface area contributed by atoms with Crippen molar-refractivity contribution in [3.05, 3.63) is 16.1 Å². The normalized spacial score (nSPS) is 19.1. The smallest absolute Gasteiger partial charge is 0.0797 e. The van der Waals surface area contributed by atoms with Crippen LogP contribution in [0.25, 0.3) is 0 Å². The van der Waals surface area contributed by atoms with Crippen LogP contribution in [0, 0.1) is 6.92 Å². The summed E-state index contributed by atoms with van der Waals surface area (Å²) in [6.45, 7) is 5.66. The zero-order valence-corrected chi connectivity index (χ0v) is 11.0. The van der Waals surface area contributed by atoms with E-state index in [0.717, 1.165) is 19.0 Å². The van der Waals surface area contributed by atoms with E-state index in [1.165, 1.54) is 36.5 Å². The molecule has 1 aliphatic heterocycles. The zero-order valence-electron chi connectivity index (χ0n) is 10.2. The summed E-state index contributed by atoms with van der Waals surface area (Å²) in [5, 5.41) is 3.66. The van der Waals surface area contributed by atoms with Crippen LogP contribution in [-0.2, 0) is 6.42 Å². The molecule has 16 heavy (non-hydrogen) atoms. The van der Waals surface area contributed by atoms with Gasteiger partial charge >= 0.3 is 0 Å². The monoisotopic (exact) mass is 239 g/mol. The van der Waals surface area contributed by atoms with Gasteiger partial charge in [-0.05, 0) is 46.3 Å². The average Bonchev–Trinajstić information content (AvgIpc) is 2.68. The first kappa shape index (κ1) is 12.0. The van der Waals surface area contributed by atoms with Crippen LogP contribution in [0.3, 0.4) is 0 Å². The largest absolute Gasteiger partial charge is 0.314 e. The van der Waals surface area contributed by atoms with Gasteiger partial charge in [-0.15, -0.1) is 11.3 Å². The Bertz CT molecular complexity index is 316. The molecule has 0 radical (unpaired) electrons. The number of likely N-dealkylation sites (tertiary alicyclic amines) is 1. The van der Waals surface area contributed by atoms with Crippen LogP contribution in [0.2, 0.25) is 0 Å². The number of aromatic nitrogens is 1. The topological polar surface area (TPSA) is 28.2 Å². The van der Waals surface area contributed by atoms with E-state index in [9.17, 15) is 0 Å². The van der Waals surface area contributed by atoms with Crippen LogP contribution in [0.4, 0.5) is 0 Å². The molecule has 0 bridgehead atoms. The summed E-state index contributed by atoms with van der Waals surface area (Å²) < 4.78 is 0. The Morgan fingerprint density at radius 3 is 2.88 bits per heavy atom. The third kappa shape index (κ3) is 3.27. The number of hydrogen-bond donors (Lipinski definition) is 1. The lowest BCUT2D eigenvalue weighted by Crippen LogP contribution is -2.41. The highest BCUT2D eigenvalue weighted by Crippen LogP contribution is 2.13. The number of thiazole rings is 1. The van der Waals surface area contributed by atoms with Gasteiger partial charge < -0.3 is 10.2 Å². The Morgan fingerprint density at radius 2 is 2.25 bits per heavy atom. The highest BCUT2D eigenvalue weighted by molar-refractivity contribution is 7.09. The molecule has 2 heterocycles. The molecule has 0 aromatic carbocycles. The second-order valence-corrected chi connectivity index (χ2v) is 5.58. The number of hydrogen-bond acceptors (Lipinski definition) is 4. The minimum Gasteiger partial charge on any atom is -0.314 e. The molecule has 3 nitrogen and oxygen atoms in total. The molecule has 0 amide bonds. The van der Waals surface area contributed by atoms with Gasteiger partial charge in [-0.1, -0.05) is 0 Å². The predicted octanol–water partition coefficient (Wildman–Crippen LogP) is 1.68. The maximum atomic E-state index is 4.28. The maximum absolute atomic E-state index is 4.28. The SMILES string of the molecule is Cc1ncsc1CCNC1CCN(C)CC1. The fourth-order valence-electron chi connectivity index (χ4n) is 2.17. The minimum absolute atomic E-state index is 0.726. The van der Waals surface area contributed by atoms with Gasteiger partial charge in [0.25, 0.3) is 0 Å². The molecule has 1 aromatic heterocycles. The van der Waals surface area contributed by atoms with E-state index >= 15 is 0 Å². The molecule has 2 rings (SSSR count). The molecule has 1 saturated heterocycles. The van der Waals surface area contributed by atoms with Gasteiger partial charge in [-0.3, -0.25) is 0 Å². The molecular formula is C12H21N3S. The van der Waals surface area contributed by atoms with Gasteiger partial charge in [0.1, 0.15) is 0 Å². The molecule has 1 N–H and O–H groups in total. The van der Waals surface area contributed by atoms with Crippen molar-refractivity contribution in [2.45, 2.75) is 32.2 Å². The van der Waals surface area contributed by atoms with Crippen LogP contribution in [0.15, 0.2) is 5.51 Å². The fourth-order valence-corrected chi connectivity index (χ4v) is 2.95. The van der Waals surface area contributed by atoms with Crippen molar-refractivity contribution in [3.8, 4) is 0 Å². The van der Waals surface area contributed by atoms with Crippen molar-refractivity contribution >= 4 is 11.3 Å². The average molecular weight is 239 g/mol. The molecule has 1 aromatic rings. The van der Waals surface area contributed by atoms with Crippen molar-refractivity contribution in [1.82, 2.24) is 15.2 Å². The minimum atomic E-state index is 0.726. The predicted molar refractivity (Wildman–Crippen MR) is 69.1 cm³/mol. The number of piperidine rings is 1. The Labute approximate surface area is 102 Å².